The number of ketones is 1. The Balaban J connectivity index is 2.41. The molecule has 0 aliphatic rings. The molecule has 0 fully saturated rings. The molecule has 22 heavy (non-hydrogen) atoms. The molecule has 0 unspecified atom stereocenters. The van der Waals surface area contributed by atoms with Gasteiger partial charge in [-0.25, -0.2) is 4.98 Å². The molecule has 112 valence electrons. The Kier molecular flexibility index (Phi) is 4.00. The van der Waals surface area contributed by atoms with E-state index in [0.29, 0.717) is 5.56 Å². The monoisotopic (exact) mass is 296 g/mol. The van der Waals surface area contributed by atoms with Gasteiger partial charge in [0, 0.05) is 23.5 Å². The van der Waals surface area contributed by atoms with E-state index in [9.17, 15) is 4.79 Å². The van der Waals surface area contributed by atoms with Crippen molar-refractivity contribution in [3.05, 3.63) is 34.4 Å². The second-order valence-electron chi connectivity index (χ2n) is 4.93. The zero-order valence-electron chi connectivity index (χ0n) is 12.7. The molecule has 0 atom stereocenters. The number of nitrogens with zero attached hydrogens (tertiary/aromatic N) is 5. The van der Waals surface area contributed by atoms with Crippen LogP contribution in [-0.2, 0) is 13.1 Å². The maximum Gasteiger partial charge on any atom is 0.202 e. The zero-order chi connectivity index (χ0) is 16.4. The van der Waals surface area contributed by atoms with Crippen molar-refractivity contribution in [2.75, 3.05) is 5.73 Å². The predicted molar refractivity (Wildman–Crippen MR) is 80.0 cm³/mol. The third-order valence-electron chi connectivity index (χ3n) is 3.70. The molecule has 2 heterocycles. The lowest BCUT2D eigenvalue weighted by Crippen LogP contribution is -2.15. The number of imidazole rings is 1. The van der Waals surface area contributed by atoms with Gasteiger partial charge in [0.25, 0.3) is 0 Å². The van der Waals surface area contributed by atoms with Gasteiger partial charge < -0.3 is 10.3 Å². The average Bonchev–Trinajstić information content (AvgIpc) is 2.95. The van der Waals surface area contributed by atoms with Crippen LogP contribution in [0.4, 0.5) is 5.95 Å². The molecule has 2 N–H and O–H groups in total. The van der Waals surface area contributed by atoms with Gasteiger partial charge in [-0.2, -0.15) is 10.5 Å². The summed E-state index contributed by atoms with van der Waals surface area (Å²) in [7, 11) is 0. The number of anilines is 1. The van der Waals surface area contributed by atoms with Gasteiger partial charge in [0.2, 0.25) is 5.95 Å². The summed E-state index contributed by atoms with van der Waals surface area (Å²) in [5.41, 5.74) is 8.13. The van der Waals surface area contributed by atoms with E-state index >= 15 is 0 Å². The first-order valence-corrected chi connectivity index (χ1v) is 6.80. The standard InChI is InChI=1S/C15H16N6O/c1-4-20-9(2)5-11(10(20)3)14(22)8-21-13(7-17)12(6-16)19-15(21)18/h5H,4,8H2,1-3H3,(H2,18,19). The van der Waals surface area contributed by atoms with E-state index in [2.05, 4.69) is 4.98 Å². The van der Waals surface area contributed by atoms with Gasteiger partial charge in [-0.05, 0) is 26.8 Å². The van der Waals surface area contributed by atoms with Crippen LogP contribution in [-0.4, -0.2) is 19.9 Å². The Bertz CT molecular complexity index is 828. The molecule has 0 saturated carbocycles. The third-order valence-corrected chi connectivity index (χ3v) is 3.70. The molecule has 0 bridgehead atoms. The van der Waals surface area contributed by atoms with Gasteiger partial charge in [-0.15, -0.1) is 0 Å². The van der Waals surface area contributed by atoms with Crippen LogP contribution in [0.15, 0.2) is 6.07 Å². The Morgan fingerprint density at radius 2 is 2.00 bits per heavy atom. The number of aryl methyl sites for hydroxylation is 1. The van der Waals surface area contributed by atoms with E-state index in [0.717, 1.165) is 17.9 Å². The molecule has 0 amide bonds. The minimum absolute atomic E-state index is 0.00857. The summed E-state index contributed by atoms with van der Waals surface area (Å²) in [6.07, 6.45) is 0. The fourth-order valence-corrected chi connectivity index (χ4v) is 2.62. The molecule has 7 nitrogen and oxygen atoms in total. The van der Waals surface area contributed by atoms with Crippen LogP contribution in [0.25, 0.3) is 0 Å². The van der Waals surface area contributed by atoms with Crippen LogP contribution in [0.2, 0.25) is 0 Å². The van der Waals surface area contributed by atoms with Crippen molar-refractivity contribution in [2.45, 2.75) is 33.9 Å². The Morgan fingerprint density at radius 3 is 2.50 bits per heavy atom. The van der Waals surface area contributed by atoms with E-state index in [4.69, 9.17) is 16.3 Å². The number of aromatic nitrogens is 3. The van der Waals surface area contributed by atoms with Gasteiger partial charge in [0.1, 0.15) is 12.1 Å². The molecule has 0 spiro atoms. The summed E-state index contributed by atoms with van der Waals surface area (Å²) in [6, 6.07) is 5.51. The van der Waals surface area contributed by atoms with Crippen LogP contribution in [0.1, 0.15) is 40.1 Å². The number of hydrogen-bond donors (Lipinski definition) is 1. The largest absolute Gasteiger partial charge is 0.369 e. The molecule has 2 aromatic heterocycles. The fraction of sp³-hybridized carbons (Fsp3) is 0.333. The maximum absolute atomic E-state index is 12.5. The van der Waals surface area contributed by atoms with Crippen LogP contribution in [0.5, 0.6) is 0 Å². The number of Topliss-reactive ketones (excluding diaryl/α,β-unsaturated/α-hetero) is 1. The third kappa shape index (κ3) is 2.33. The smallest absolute Gasteiger partial charge is 0.202 e. The van der Waals surface area contributed by atoms with Crippen molar-refractivity contribution in [1.82, 2.24) is 14.1 Å². The number of nitriles is 2. The number of carbonyl (C=O) groups excluding carboxylic acids is 1. The van der Waals surface area contributed by atoms with Crippen LogP contribution in [0.3, 0.4) is 0 Å². The first-order valence-electron chi connectivity index (χ1n) is 6.80. The molecule has 0 saturated heterocycles. The lowest BCUT2D eigenvalue weighted by atomic mass is 10.1. The Morgan fingerprint density at radius 1 is 1.32 bits per heavy atom. The van der Waals surface area contributed by atoms with E-state index in [1.165, 1.54) is 4.57 Å². The normalized spacial score (nSPS) is 10.2. The van der Waals surface area contributed by atoms with E-state index < -0.39 is 0 Å². The second kappa shape index (κ2) is 5.74. The molecule has 7 heteroatoms. The summed E-state index contributed by atoms with van der Waals surface area (Å²) in [5, 5.41) is 18.1. The van der Waals surface area contributed by atoms with Gasteiger partial charge in [0.05, 0.1) is 6.54 Å². The van der Waals surface area contributed by atoms with Crippen molar-refractivity contribution < 1.29 is 4.79 Å². The van der Waals surface area contributed by atoms with Crippen molar-refractivity contribution in [3.8, 4) is 12.1 Å². The van der Waals surface area contributed by atoms with E-state index in [-0.39, 0.29) is 29.7 Å². The Hall–Kier alpha value is -3.06. The topological polar surface area (TPSA) is 113 Å². The minimum Gasteiger partial charge on any atom is -0.369 e. The van der Waals surface area contributed by atoms with Gasteiger partial charge in [0.15, 0.2) is 17.2 Å². The number of rotatable bonds is 4. The number of carbonyl (C=O) groups is 1. The molecule has 2 rings (SSSR count). The number of nitrogen functional groups attached to an aromatic ring is 1. The highest BCUT2D eigenvalue weighted by atomic mass is 16.1. The van der Waals surface area contributed by atoms with Crippen LogP contribution in [0, 0.1) is 36.5 Å². The average molecular weight is 296 g/mol. The Labute approximate surface area is 128 Å². The molecule has 0 radical (unpaired) electrons. The first kappa shape index (κ1) is 15.3. The lowest BCUT2D eigenvalue weighted by Gasteiger charge is -2.07. The molecular formula is C15H16N6O. The number of nitrogens with two attached hydrogens (primary N) is 1. The SMILES string of the molecule is CCn1c(C)cc(C(=O)Cn2c(N)nc(C#N)c2C#N)c1C. The van der Waals surface area contributed by atoms with Crippen molar-refractivity contribution in [2.24, 2.45) is 0 Å². The number of hydrogen-bond acceptors (Lipinski definition) is 5. The molecule has 0 aromatic carbocycles. The van der Waals surface area contributed by atoms with Gasteiger partial charge in [-0.1, -0.05) is 0 Å². The summed E-state index contributed by atoms with van der Waals surface area (Å²) >= 11 is 0. The highest BCUT2D eigenvalue weighted by Crippen LogP contribution is 2.18. The molecule has 0 aliphatic carbocycles. The predicted octanol–water partition coefficient (Wildman–Crippen LogP) is 1.53. The van der Waals surface area contributed by atoms with Crippen LogP contribution >= 0.6 is 0 Å². The second-order valence-corrected chi connectivity index (χ2v) is 4.93. The quantitative estimate of drug-likeness (QED) is 0.859. The van der Waals surface area contributed by atoms with Crippen molar-refractivity contribution >= 4 is 11.7 Å². The minimum atomic E-state index is -0.169. The van der Waals surface area contributed by atoms with Gasteiger partial charge in [-0.3, -0.25) is 9.36 Å². The van der Waals surface area contributed by atoms with Crippen LogP contribution < -0.4 is 5.73 Å². The van der Waals surface area contributed by atoms with E-state index in [1.54, 1.807) is 6.07 Å². The lowest BCUT2D eigenvalue weighted by molar-refractivity contribution is 0.0971. The summed E-state index contributed by atoms with van der Waals surface area (Å²) in [6.45, 7) is 6.49. The van der Waals surface area contributed by atoms with Crippen molar-refractivity contribution in [1.29, 1.82) is 10.5 Å². The highest BCUT2D eigenvalue weighted by Gasteiger charge is 2.20. The summed E-state index contributed by atoms with van der Waals surface area (Å²) < 4.78 is 3.31. The molecular weight excluding hydrogens is 280 g/mol. The van der Waals surface area contributed by atoms with E-state index in [1.807, 2.05) is 37.5 Å². The summed E-state index contributed by atoms with van der Waals surface area (Å²) in [5.74, 6) is -0.177. The first-order chi connectivity index (χ1) is 10.4. The zero-order valence-corrected chi connectivity index (χ0v) is 12.7. The fourth-order valence-electron chi connectivity index (χ4n) is 2.62. The molecule has 0 aliphatic heterocycles. The maximum atomic E-state index is 12.5. The summed E-state index contributed by atoms with van der Waals surface area (Å²) in [4.78, 5) is 16.3. The van der Waals surface area contributed by atoms with Crippen molar-refractivity contribution in [3.63, 3.8) is 0 Å². The highest BCUT2D eigenvalue weighted by molar-refractivity contribution is 5.97. The molecule has 2 aromatic rings. The van der Waals surface area contributed by atoms with Gasteiger partial charge >= 0.3 is 0 Å².